The maximum Gasteiger partial charge on any atom is 0.280 e. The fourth-order valence-corrected chi connectivity index (χ4v) is 3.80. The number of ether oxygens (including phenoxy) is 1. The average molecular weight is 423 g/mol. The zero-order valence-corrected chi connectivity index (χ0v) is 16.9. The van der Waals surface area contributed by atoms with E-state index in [1.54, 1.807) is 36.4 Å². The zero-order valence-electron chi connectivity index (χ0n) is 16.1. The van der Waals surface area contributed by atoms with Gasteiger partial charge in [-0.25, -0.2) is 14.1 Å². The van der Waals surface area contributed by atoms with Gasteiger partial charge in [0.15, 0.2) is 0 Å². The van der Waals surface area contributed by atoms with Gasteiger partial charge in [-0.3, -0.25) is 15.0 Å². The van der Waals surface area contributed by atoms with Gasteiger partial charge in [0.05, 0.1) is 5.39 Å². The van der Waals surface area contributed by atoms with Gasteiger partial charge >= 0.3 is 0 Å². The number of nitrogens with one attached hydrogen (secondary N) is 1. The molecule has 6 nitrogen and oxygen atoms in total. The Bertz CT molecular complexity index is 1260. The number of carbonyl (C=O) groups is 1. The van der Waals surface area contributed by atoms with Gasteiger partial charge in [-0.1, -0.05) is 25.1 Å². The summed E-state index contributed by atoms with van der Waals surface area (Å²) < 4.78 is 19.8. The molecule has 0 fully saturated rings. The molecule has 0 aliphatic heterocycles. The Hall–Kier alpha value is -3.52. The average Bonchev–Trinajstić information content (AvgIpc) is 3.20. The van der Waals surface area contributed by atoms with Gasteiger partial charge in [0, 0.05) is 10.4 Å². The lowest BCUT2D eigenvalue weighted by molar-refractivity contribution is 0.101. The van der Waals surface area contributed by atoms with Crippen molar-refractivity contribution in [2.24, 2.45) is 0 Å². The van der Waals surface area contributed by atoms with Crippen LogP contribution >= 0.6 is 11.3 Å². The fourth-order valence-electron chi connectivity index (χ4n) is 2.88. The van der Waals surface area contributed by atoms with Gasteiger partial charge in [0.25, 0.3) is 11.5 Å². The van der Waals surface area contributed by atoms with E-state index in [9.17, 15) is 14.0 Å². The third-order valence-electron chi connectivity index (χ3n) is 4.49. The van der Waals surface area contributed by atoms with Crippen LogP contribution in [0.3, 0.4) is 0 Å². The van der Waals surface area contributed by atoms with E-state index in [1.165, 1.54) is 29.8 Å². The summed E-state index contributed by atoms with van der Waals surface area (Å²) >= 11 is 1.47. The molecule has 0 unspecified atom stereocenters. The van der Waals surface area contributed by atoms with Crippen LogP contribution in [0.15, 0.2) is 65.7 Å². The van der Waals surface area contributed by atoms with Crippen molar-refractivity contribution in [3.8, 4) is 5.75 Å². The van der Waals surface area contributed by atoms with Gasteiger partial charge in [-0.2, -0.15) is 0 Å². The maximum atomic E-state index is 13.0. The summed E-state index contributed by atoms with van der Waals surface area (Å²) in [6.07, 6.45) is 2.13. The van der Waals surface area contributed by atoms with Gasteiger partial charge in [-0.15, -0.1) is 11.3 Å². The Morgan fingerprint density at radius 2 is 2.00 bits per heavy atom. The van der Waals surface area contributed by atoms with E-state index in [2.05, 4.69) is 10.4 Å². The lowest BCUT2D eigenvalue weighted by Gasteiger charge is -2.10. The Morgan fingerprint density at radius 1 is 1.20 bits per heavy atom. The van der Waals surface area contributed by atoms with Crippen molar-refractivity contribution < 1.29 is 13.9 Å². The lowest BCUT2D eigenvalue weighted by atomic mass is 10.2. The molecule has 2 aromatic carbocycles. The normalized spacial score (nSPS) is 10.9. The number of benzene rings is 2. The molecule has 0 radical (unpaired) electrons. The molecule has 2 heterocycles. The summed E-state index contributed by atoms with van der Waals surface area (Å²) in [6, 6.07) is 14.4. The predicted molar refractivity (Wildman–Crippen MR) is 114 cm³/mol. The van der Waals surface area contributed by atoms with Gasteiger partial charge in [-0.05, 0) is 48.4 Å². The molecule has 8 heteroatoms. The molecule has 0 saturated heterocycles. The number of halogens is 1. The van der Waals surface area contributed by atoms with Gasteiger partial charge < -0.3 is 4.74 Å². The number of carbonyl (C=O) groups excluding carboxylic acids is 1. The van der Waals surface area contributed by atoms with Crippen molar-refractivity contribution in [1.29, 1.82) is 0 Å². The number of thiophene rings is 1. The minimum absolute atomic E-state index is 0.239. The third kappa shape index (κ3) is 4.23. The monoisotopic (exact) mass is 423 g/mol. The molecule has 30 heavy (non-hydrogen) atoms. The van der Waals surface area contributed by atoms with Crippen molar-refractivity contribution in [2.75, 3.05) is 5.43 Å². The van der Waals surface area contributed by atoms with Gasteiger partial charge in [0.1, 0.15) is 29.3 Å². The zero-order chi connectivity index (χ0) is 21.1. The molecule has 0 aliphatic rings. The molecule has 4 aromatic rings. The molecule has 0 saturated carbocycles. The number of aryl methyl sites for hydroxylation is 1. The first-order valence-electron chi connectivity index (χ1n) is 9.32. The number of hydrogen-bond acceptors (Lipinski definition) is 5. The summed E-state index contributed by atoms with van der Waals surface area (Å²) in [5.41, 5.74) is 3.37. The van der Waals surface area contributed by atoms with Crippen LogP contribution in [0.4, 0.5) is 4.39 Å². The van der Waals surface area contributed by atoms with Crippen LogP contribution in [0.5, 0.6) is 5.75 Å². The first kappa shape index (κ1) is 19.8. The van der Waals surface area contributed by atoms with Crippen LogP contribution in [0.1, 0.15) is 27.7 Å². The molecule has 152 valence electrons. The van der Waals surface area contributed by atoms with E-state index in [0.717, 1.165) is 21.5 Å². The fraction of sp³-hybridized carbons (Fsp3) is 0.136. The Morgan fingerprint density at radius 3 is 2.77 bits per heavy atom. The second kappa shape index (κ2) is 8.46. The third-order valence-corrected chi connectivity index (χ3v) is 5.68. The highest BCUT2D eigenvalue weighted by Crippen LogP contribution is 2.21. The molecular weight excluding hydrogens is 405 g/mol. The summed E-state index contributed by atoms with van der Waals surface area (Å²) in [7, 11) is 0. The van der Waals surface area contributed by atoms with Crippen LogP contribution in [-0.4, -0.2) is 15.6 Å². The summed E-state index contributed by atoms with van der Waals surface area (Å²) in [6.45, 7) is 2.25. The highest BCUT2D eigenvalue weighted by molar-refractivity contribution is 7.18. The second-order valence-corrected chi connectivity index (χ2v) is 7.70. The maximum absolute atomic E-state index is 13.0. The van der Waals surface area contributed by atoms with E-state index in [0.29, 0.717) is 21.5 Å². The minimum atomic E-state index is -0.462. The van der Waals surface area contributed by atoms with Crippen LogP contribution in [0.25, 0.3) is 10.2 Å². The topological polar surface area (TPSA) is 73.2 Å². The number of rotatable bonds is 6. The molecule has 4 rings (SSSR count). The SMILES string of the molecule is CCc1cc2c(=O)n(NC(=O)c3cccc(OCc4ccc(F)cc4)c3)cnc2s1. The second-order valence-electron chi connectivity index (χ2n) is 6.59. The lowest BCUT2D eigenvalue weighted by Crippen LogP contribution is -2.33. The predicted octanol–water partition coefficient (Wildman–Crippen LogP) is 4.12. The van der Waals surface area contributed by atoms with Gasteiger partial charge in [0.2, 0.25) is 0 Å². The molecule has 0 bridgehead atoms. The molecule has 1 N–H and O–H groups in total. The smallest absolute Gasteiger partial charge is 0.280 e. The summed E-state index contributed by atoms with van der Waals surface area (Å²) in [5, 5.41) is 0.482. The largest absolute Gasteiger partial charge is 0.489 e. The standard InChI is InChI=1S/C22H18FN3O3S/c1-2-18-11-19-21(30-18)24-13-26(22(19)28)25-20(27)15-4-3-5-17(10-15)29-12-14-6-8-16(23)9-7-14/h3-11,13H,2,12H2,1H3,(H,25,27). The van der Waals surface area contributed by atoms with Crippen LogP contribution in [0.2, 0.25) is 0 Å². The number of nitrogens with zero attached hydrogens (tertiary/aromatic N) is 2. The Labute approximate surface area is 175 Å². The number of aromatic nitrogens is 2. The van der Waals surface area contributed by atoms with Crippen LogP contribution < -0.4 is 15.7 Å². The van der Waals surface area contributed by atoms with E-state index in [4.69, 9.17) is 4.74 Å². The number of hydrogen-bond donors (Lipinski definition) is 1. The Kier molecular flexibility index (Phi) is 5.58. The van der Waals surface area contributed by atoms with E-state index in [-0.39, 0.29) is 18.0 Å². The molecule has 0 aliphatic carbocycles. The molecule has 2 aromatic heterocycles. The number of amides is 1. The highest BCUT2D eigenvalue weighted by Gasteiger charge is 2.12. The van der Waals surface area contributed by atoms with Crippen LogP contribution in [0, 0.1) is 5.82 Å². The van der Waals surface area contributed by atoms with E-state index >= 15 is 0 Å². The van der Waals surface area contributed by atoms with Crippen molar-refractivity contribution >= 4 is 27.5 Å². The van der Waals surface area contributed by atoms with Crippen molar-refractivity contribution in [1.82, 2.24) is 9.66 Å². The highest BCUT2D eigenvalue weighted by atomic mass is 32.1. The molecule has 1 amide bonds. The van der Waals surface area contributed by atoms with E-state index in [1.807, 2.05) is 13.0 Å². The first-order chi connectivity index (χ1) is 14.5. The quantitative estimate of drug-likeness (QED) is 0.506. The molecule has 0 atom stereocenters. The van der Waals surface area contributed by atoms with Crippen molar-refractivity contribution in [3.63, 3.8) is 0 Å². The molecular formula is C22H18FN3O3S. The van der Waals surface area contributed by atoms with E-state index < -0.39 is 5.91 Å². The van der Waals surface area contributed by atoms with Crippen molar-refractivity contribution in [3.05, 3.63) is 93.1 Å². The summed E-state index contributed by atoms with van der Waals surface area (Å²) in [5.74, 6) is -0.288. The van der Waals surface area contributed by atoms with Crippen LogP contribution in [-0.2, 0) is 13.0 Å². The minimum Gasteiger partial charge on any atom is -0.489 e. The van der Waals surface area contributed by atoms with Crippen molar-refractivity contribution in [2.45, 2.75) is 20.0 Å². The Balaban J connectivity index is 1.49. The molecule has 0 spiro atoms. The summed E-state index contributed by atoms with van der Waals surface area (Å²) in [4.78, 5) is 31.2. The number of fused-ring (bicyclic) bond motifs is 1. The first-order valence-corrected chi connectivity index (χ1v) is 10.1.